The maximum absolute atomic E-state index is 12.4. The first-order valence-electron chi connectivity index (χ1n) is 5.05. The van der Waals surface area contributed by atoms with Gasteiger partial charge in [-0.1, -0.05) is 12.2 Å². The number of halogens is 5. The van der Waals surface area contributed by atoms with Crippen molar-refractivity contribution in [1.82, 2.24) is 5.32 Å². The van der Waals surface area contributed by atoms with Crippen molar-refractivity contribution in [3.8, 4) is 0 Å². The Labute approximate surface area is 91.7 Å². The van der Waals surface area contributed by atoms with E-state index in [1.807, 2.05) is 0 Å². The summed E-state index contributed by atoms with van der Waals surface area (Å²) in [5.74, 6) is -4.58. The Morgan fingerprint density at radius 2 is 1.56 bits per heavy atom. The van der Waals surface area contributed by atoms with Crippen molar-refractivity contribution in [2.75, 3.05) is 13.6 Å². The standard InChI is InChI=1S/C10H16F5N/c1-16-8-6-4-2-3-5-7-9(11,12)10(13,14)15/h2-3,16H,4-8H2,1H3/b3-2+. The molecule has 0 aromatic carbocycles. The zero-order valence-electron chi connectivity index (χ0n) is 9.08. The number of alkyl halides is 5. The van der Waals surface area contributed by atoms with Crippen LogP contribution in [-0.4, -0.2) is 25.7 Å². The molecule has 96 valence electrons. The van der Waals surface area contributed by atoms with Crippen LogP contribution in [0.25, 0.3) is 0 Å². The Hall–Kier alpha value is -0.650. The summed E-state index contributed by atoms with van der Waals surface area (Å²) in [7, 11) is 1.79. The van der Waals surface area contributed by atoms with Gasteiger partial charge < -0.3 is 5.32 Å². The maximum Gasteiger partial charge on any atom is 0.453 e. The van der Waals surface area contributed by atoms with Gasteiger partial charge in [0.2, 0.25) is 0 Å². The van der Waals surface area contributed by atoms with Crippen LogP contribution in [0.2, 0.25) is 0 Å². The molecule has 0 aromatic heterocycles. The average molecular weight is 245 g/mol. The van der Waals surface area contributed by atoms with Crippen LogP contribution in [-0.2, 0) is 0 Å². The maximum atomic E-state index is 12.4. The van der Waals surface area contributed by atoms with Gasteiger partial charge in [-0.25, -0.2) is 0 Å². The average Bonchev–Trinajstić information content (AvgIpc) is 2.14. The monoisotopic (exact) mass is 245 g/mol. The molecule has 1 nitrogen and oxygen atoms in total. The highest BCUT2D eigenvalue weighted by Crippen LogP contribution is 2.38. The van der Waals surface area contributed by atoms with E-state index in [2.05, 4.69) is 5.32 Å². The van der Waals surface area contributed by atoms with E-state index in [-0.39, 0.29) is 6.42 Å². The summed E-state index contributed by atoms with van der Waals surface area (Å²) in [5, 5.41) is 2.90. The molecule has 0 spiro atoms. The summed E-state index contributed by atoms with van der Waals surface area (Å²) in [5.41, 5.74) is 0. The lowest BCUT2D eigenvalue weighted by molar-refractivity contribution is -0.283. The highest BCUT2D eigenvalue weighted by molar-refractivity contribution is 4.86. The largest absolute Gasteiger partial charge is 0.453 e. The van der Waals surface area contributed by atoms with Crippen LogP contribution in [0.1, 0.15) is 25.7 Å². The molecule has 0 saturated heterocycles. The van der Waals surface area contributed by atoms with Crippen LogP contribution in [0.15, 0.2) is 12.2 Å². The van der Waals surface area contributed by atoms with E-state index in [1.54, 1.807) is 13.1 Å². The molecule has 0 aromatic rings. The van der Waals surface area contributed by atoms with Gasteiger partial charge in [-0.15, -0.1) is 0 Å². The van der Waals surface area contributed by atoms with Gasteiger partial charge in [0.05, 0.1) is 0 Å². The molecular weight excluding hydrogens is 229 g/mol. The predicted octanol–water partition coefficient (Wildman–Crippen LogP) is 3.52. The summed E-state index contributed by atoms with van der Waals surface area (Å²) in [6.45, 7) is 0.795. The summed E-state index contributed by atoms with van der Waals surface area (Å²) in [6.07, 6.45) is -2.36. The Bertz CT molecular complexity index is 210. The molecule has 0 bridgehead atoms. The number of hydrogen-bond donors (Lipinski definition) is 1. The second kappa shape index (κ2) is 6.83. The van der Waals surface area contributed by atoms with Gasteiger partial charge in [-0.05, 0) is 32.9 Å². The summed E-state index contributed by atoms with van der Waals surface area (Å²) in [4.78, 5) is 0. The molecule has 0 rings (SSSR count). The first-order chi connectivity index (χ1) is 7.31. The Morgan fingerprint density at radius 3 is 2.06 bits per heavy atom. The van der Waals surface area contributed by atoms with Gasteiger partial charge in [-0.3, -0.25) is 0 Å². The van der Waals surface area contributed by atoms with Crippen molar-refractivity contribution >= 4 is 0 Å². The fourth-order valence-corrected chi connectivity index (χ4v) is 1.04. The van der Waals surface area contributed by atoms with Gasteiger partial charge >= 0.3 is 12.1 Å². The van der Waals surface area contributed by atoms with Crippen molar-refractivity contribution in [2.45, 2.75) is 37.8 Å². The van der Waals surface area contributed by atoms with Gasteiger partial charge in [-0.2, -0.15) is 22.0 Å². The molecule has 16 heavy (non-hydrogen) atoms. The van der Waals surface area contributed by atoms with E-state index in [4.69, 9.17) is 0 Å². The number of rotatable bonds is 7. The van der Waals surface area contributed by atoms with Crippen molar-refractivity contribution in [3.05, 3.63) is 12.2 Å². The molecule has 0 aliphatic heterocycles. The zero-order valence-corrected chi connectivity index (χ0v) is 9.08. The molecule has 0 atom stereocenters. The SMILES string of the molecule is CNCCC/C=C/CCC(F)(F)C(F)(F)F. The third-order valence-electron chi connectivity index (χ3n) is 2.00. The van der Waals surface area contributed by atoms with Crippen LogP contribution in [0.3, 0.4) is 0 Å². The molecular formula is C10H16F5N. The van der Waals surface area contributed by atoms with Crippen molar-refractivity contribution in [1.29, 1.82) is 0 Å². The number of allylic oxidation sites excluding steroid dienone is 2. The van der Waals surface area contributed by atoms with Crippen LogP contribution in [0.4, 0.5) is 22.0 Å². The Balaban J connectivity index is 3.73. The van der Waals surface area contributed by atoms with Gasteiger partial charge in [0.1, 0.15) is 0 Å². The fraction of sp³-hybridized carbons (Fsp3) is 0.800. The second-order valence-corrected chi connectivity index (χ2v) is 3.46. The highest BCUT2D eigenvalue weighted by Gasteiger charge is 2.56. The number of unbranched alkanes of at least 4 members (excludes halogenated alkanes) is 1. The van der Waals surface area contributed by atoms with Crippen LogP contribution in [0.5, 0.6) is 0 Å². The first-order valence-corrected chi connectivity index (χ1v) is 5.05. The van der Waals surface area contributed by atoms with E-state index in [9.17, 15) is 22.0 Å². The lowest BCUT2D eigenvalue weighted by atomic mass is 10.1. The lowest BCUT2D eigenvalue weighted by Crippen LogP contribution is -2.35. The topological polar surface area (TPSA) is 12.0 Å². The third-order valence-corrected chi connectivity index (χ3v) is 2.00. The van der Waals surface area contributed by atoms with E-state index in [0.29, 0.717) is 6.42 Å². The molecule has 0 aliphatic carbocycles. The van der Waals surface area contributed by atoms with Gasteiger partial charge in [0.25, 0.3) is 0 Å². The van der Waals surface area contributed by atoms with Crippen LogP contribution >= 0.6 is 0 Å². The third kappa shape index (κ3) is 6.05. The molecule has 0 saturated carbocycles. The van der Waals surface area contributed by atoms with Crippen LogP contribution in [0, 0.1) is 0 Å². The normalized spacial score (nSPS) is 13.6. The Morgan fingerprint density at radius 1 is 1.00 bits per heavy atom. The minimum Gasteiger partial charge on any atom is -0.320 e. The first kappa shape index (κ1) is 15.3. The van der Waals surface area contributed by atoms with Crippen molar-refractivity contribution in [3.63, 3.8) is 0 Å². The minimum absolute atomic E-state index is 0.258. The zero-order chi connectivity index (χ0) is 12.7. The predicted molar refractivity (Wildman–Crippen MR) is 52.5 cm³/mol. The number of hydrogen-bond acceptors (Lipinski definition) is 1. The molecule has 0 fully saturated rings. The molecule has 0 amide bonds. The quantitative estimate of drug-likeness (QED) is 0.411. The Kier molecular flexibility index (Phi) is 6.55. The molecule has 0 unspecified atom stereocenters. The minimum atomic E-state index is -5.44. The molecule has 0 heterocycles. The van der Waals surface area contributed by atoms with E-state index < -0.39 is 18.5 Å². The van der Waals surface area contributed by atoms with Crippen molar-refractivity contribution < 1.29 is 22.0 Å². The second-order valence-electron chi connectivity index (χ2n) is 3.46. The van der Waals surface area contributed by atoms with E-state index >= 15 is 0 Å². The fourth-order valence-electron chi connectivity index (χ4n) is 1.04. The summed E-state index contributed by atoms with van der Waals surface area (Å²) >= 11 is 0. The smallest absolute Gasteiger partial charge is 0.320 e. The van der Waals surface area contributed by atoms with E-state index in [0.717, 1.165) is 13.0 Å². The number of nitrogens with one attached hydrogen (secondary N) is 1. The van der Waals surface area contributed by atoms with Crippen LogP contribution < -0.4 is 5.32 Å². The van der Waals surface area contributed by atoms with E-state index in [1.165, 1.54) is 6.08 Å². The van der Waals surface area contributed by atoms with Gasteiger partial charge in [0.15, 0.2) is 0 Å². The molecule has 0 radical (unpaired) electrons. The van der Waals surface area contributed by atoms with Crippen molar-refractivity contribution in [2.24, 2.45) is 0 Å². The summed E-state index contributed by atoms with van der Waals surface area (Å²) < 4.78 is 60.0. The molecule has 1 N–H and O–H groups in total. The molecule has 6 heteroatoms. The molecule has 0 aliphatic rings. The highest BCUT2D eigenvalue weighted by atomic mass is 19.4. The summed E-state index contributed by atoms with van der Waals surface area (Å²) in [6, 6.07) is 0. The van der Waals surface area contributed by atoms with Gasteiger partial charge in [0, 0.05) is 6.42 Å². The lowest BCUT2D eigenvalue weighted by Gasteiger charge is -2.18.